The zero-order valence-electron chi connectivity index (χ0n) is 15.6. The first-order valence-corrected chi connectivity index (χ1v) is 10.8. The summed E-state index contributed by atoms with van der Waals surface area (Å²) in [6.07, 6.45) is 5.56. The number of hydrogen-bond donors (Lipinski definition) is 2. The SMILES string of the molecule is CC1CCN(CCCCNC(=O)NC2CCSc3ccc(F)cc32)CC1. The molecule has 2 aliphatic rings. The first kappa shape index (κ1) is 19.5. The third-order valence-electron chi connectivity index (χ3n) is 5.38. The Labute approximate surface area is 160 Å². The molecule has 0 radical (unpaired) electrons. The van der Waals surface area contributed by atoms with Gasteiger partial charge in [0, 0.05) is 17.2 Å². The van der Waals surface area contributed by atoms with Gasteiger partial charge in [0.2, 0.25) is 0 Å². The normalized spacial score (nSPS) is 21.2. The van der Waals surface area contributed by atoms with Gasteiger partial charge in [-0.25, -0.2) is 9.18 Å². The number of carbonyl (C=O) groups excluding carboxylic acids is 1. The van der Waals surface area contributed by atoms with Crippen molar-refractivity contribution in [3.8, 4) is 0 Å². The highest BCUT2D eigenvalue weighted by Gasteiger charge is 2.22. The van der Waals surface area contributed by atoms with Gasteiger partial charge < -0.3 is 15.5 Å². The number of likely N-dealkylation sites (tertiary alicyclic amines) is 1. The fourth-order valence-electron chi connectivity index (χ4n) is 3.67. The monoisotopic (exact) mass is 379 g/mol. The average molecular weight is 380 g/mol. The zero-order valence-corrected chi connectivity index (χ0v) is 16.4. The fraction of sp³-hybridized carbons (Fsp3) is 0.650. The van der Waals surface area contributed by atoms with Crippen molar-refractivity contribution < 1.29 is 9.18 Å². The summed E-state index contributed by atoms with van der Waals surface area (Å²) < 4.78 is 13.5. The molecule has 0 bridgehead atoms. The Hall–Kier alpha value is -1.27. The lowest BCUT2D eigenvalue weighted by Gasteiger charge is -2.30. The van der Waals surface area contributed by atoms with Crippen LogP contribution in [0.3, 0.4) is 0 Å². The number of fused-ring (bicyclic) bond motifs is 1. The van der Waals surface area contributed by atoms with E-state index in [4.69, 9.17) is 0 Å². The van der Waals surface area contributed by atoms with Crippen LogP contribution in [0.4, 0.5) is 9.18 Å². The Morgan fingerprint density at radius 2 is 2.08 bits per heavy atom. The van der Waals surface area contributed by atoms with E-state index < -0.39 is 0 Å². The third kappa shape index (κ3) is 5.61. The van der Waals surface area contributed by atoms with Crippen LogP contribution in [-0.2, 0) is 0 Å². The average Bonchev–Trinajstić information content (AvgIpc) is 2.63. The molecule has 1 unspecified atom stereocenters. The number of halogens is 1. The van der Waals surface area contributed by atoms with Crippen LogP contribution in [0.2, 0.25) is 0 Å². The minimum Gasteiger partial charge on any atom is -0.338 e. The molecule has 0 aromatic heterocycles. The number of nitrogens with one attached hydrogen (secondary N) is 2. The van der Waals surface area contributed by atoms with Gasteiger partial charge in [-0.2, -0.15) is 0 Å². The molecule has 2 amide bonds. The number of thioether (sulfide) groups is 1. The highest BCUT2D eigenvalue weighted by Crippen LogP contribution is 2.36. The maximum Gasteiger partial charge on any atom is 0.315 e. The van der Waals surface area contributed by atoms with Crippen LogP contribution < -0.4 is 10.6 Å². The summed E-state index contributed by atoms with van der Waals surface area (Å²) in [5.74, 6) is 1.57. The van der Waals surface area contributed by atoms with Crippen LogP contribution in [0.15, 0.2) is 23.1 Å². The smallest absolute Gasteiger partial charge is 0.315 e. The second kappa shape index (κ2) is 9.60. The summed E-state index contributed by atoms with van der Waals surface area (Å²) >= 11 is 1.72. The van der Waals surface area contributed by atoms with E-state index in [1.165, 1.54) is 32.0 Å². The number of benzene rings is 1. The van der Waals surface area contributed by atoms with Crippen molar-refractivity contribution >= 4 is 17.8 Å². The predicted molar refractivity (Wildman–Crippen MR) is 105 cm³/mol. The number of nitrogens with zero attached hydrogens (tertiary/aromatic N) is 1. The van der Waals surface area contributed by atoms with E-state index in [0.29, 0.717) is 6.54 Å². The molecule has 0 saturated carbocycles. The van der Waals surface area contributed by atoms with Gasteiger partial charge in [-0.1, -0.05) is 6.92 Å². The first-order chi connectivity index (χ1) is 12.6. The van der Waals surface area contributed by atoms with Gasteiger partial charge in [-0.05, 0) is 81.4 Å². The van der Waals surface area contributed by atoms with E-state index >= 15 is 0 Å². The molecule has 2 aliphatic heterocycles. The Bertz CT molecular complexity index is 605. The van der Waals surface area contributed by atoms with Crippen LogP contribution in [0.25, 0.3) is 0 Å². The highest BCUT2D eigenvalue weighted by atomic mass is 32.2. The van der Waals surface area contributed by atoms with Crippen molar-refractivity contribution in [3.05, 3.63) is 29.6 Å². The molecule has 6 heteroatoms. The minimum atomic E-state index is -0.245. The fourth-order valence-corrected chi connectivity index (χ4v) is 4.78. The van der Waals surface area contributed by atoms with E-state index in [1.807, 2.05) is 6.07 Å². The number of unbranched alkanes of at least 4 members (excludes halogenated alkanes) is 1. The number of carbonyl (C=O) groups is 1. The maximum absolute atomic E-state index is 13.5. The van der Waals surface area contributed by atoms with Crippen LogP contribution in [0, 0.1) is 11.7 Å². The molecule has 26 heavy (non-hydrogen) atoms. The van der Waals surface area contributed by atoms with E-state index in [2.05, 4.69) is 22.5 Å². The number of rotatable bonds is 6. The summed E-state index contributed by atoms with van der Waals surface area (Å²) in [5, 5.41) is 5.96. The van der Waals surface area contributed by atoms with Crippen LogP contribution in [-0.4, -0.2) is 42.9 Å². The lowest BCUT2D eigenvalue weighted by atomic mass is 9.99. The molecule has 144 valence electrons. The van der Waals surface area contributed by atoms with Gasteiger partial charge >= 0.3 is 6.03 Å². The number of amides is 2. The summed E-state index contributed by atoms with van der Waals surface area (Å²) in [5.41, 5.74) is 0.899. The van der Waals surface area contributed by atoms with Gasteiger partial charge in [0.05, 0.1) is 6.04 Å². The van der Waals surface area contributed by atoms with Crippen molar-refractivity contribution in [2.24, 2.45) is 5.92 Å². The Morgan fingerprint density at radius 3 is 2.88 bits per heavy atom. The molecule has 0 spiro atoms. The van der Waals surface area contributed by atoms with Gasteiger partial charge in [0.15, 0.2) is 0 Å². The zero-order chi connectivity index (χ0) is 18.4. The lowest BCUT2D eigenvalue weighted by Crippen LogP contribution is -2.39. The Kier molecular flexibility index (Phi) is 7.20. The molecular formula is C20H30FN3OS. The summed E-state index contributed by atoms with van der Waals surface area (Å²) in [6, 6.07) is 4.59. The van der Waals surface area contributed by atoms with Crippen molar-refractivity contribution in [1.29, 1.82) is 0 Å². The topological polar surface area (TPSA) is 44.4 Å². The van der Waals surface area contributed by atoms with Crippen molar-refractivity contribution in [1.82, 2.24) is 15.5 Å². The van der Waals surface area contributed by atoms with Crippen molar-refractivity contribution in [2.45, 2.75) is 50.0 Å². The van der Waals surface area contributed by atoms with Crippen molar-refractivity contribution in [3.63, 3.8) is 0 Å². The Morgan fingerprint density at radius 1 is 1.27 bits per heavy atom. The molecule has 1 fully saturated rings. The molecule has 1 aromatic carbocycles. The second-order valence-electron chi connectivity index (χ2n) is 7.50. The number of piperidine rings is 1. The van der Waals surface area contributed by atoms with E-state index in [-0.39, 0.29) is 17.9 Å². The summed E-state index contributed by atoms with van der Waals surface area (Å²) in [4.78, 5) is 15.8. The highest BCUT2D eigenvalue weighted by molar-refractivity contribution is 7.99. The molecule has 2 heterocycles. The predicted octanol–water partition coefficient (Wildman–Crippen LogP) is 4.17. The van der Waals surface area contributed by atoms with Gasteiger partial charge in [-0.3, -0.25) is 0 Å². The first-order valence-electron chi connectivity index (χ1n) is 9.81. The third-order valence-corrected chi connectivity index (χ3v) is 6.50. The number of hydrogen-bond acceptors (Lipinski definition) is 3. The molecule has 0 aliphatic carbocycles. The molecular weight excluding hydrogens is 349 g/mol. The molecule has 4 nitrogen and oxygen atoms in total. The quantitative estimate of drug-likeness (QED) is 0.729. The summed E-state index contributed by atoms with van der Waals surface area (Å²) in [6.45, 7) is 6.57. The van der Waals surface area contributed by atoms with Crippen LogP contribution in [0.5, 0.6) is 0 Å². The standard InChI is InChI=1S/C20H30FN3OS/c1-15-6-11-24(12-7-15)10-3-2-9-22-20(25)23-18-8-13-26-19-5-4-16(21)14-17(18)19/h4-5,14-15,18H,2-3,6-13H2,1H3,(H2,22,23,25). The molecule has 1 atom stereocenters. The van der Waals surface area contributed by atoms with Crippen LogP contribution in [0.1, 0.15) is 50.6 Å². The van der Waals surface area contributed by atoms with Gasteiger partial charge in [0.1, 0.15) is 5.82 Å². The Balaban J connectivity index is 1.34. The number of urea groups is 1. The minimum absolute atomic E-state index is 0.0997. The maximum atomic E-state index is 13.5. The van der Waals surface area contributed by atoms with E-state index in [0.717, 1.165) is 47.9 Å². The summed E-state index contributed by atoms with van der Waals surface area (Å²) in [7, 11) is 0. The molecule has 1 saturated heterocycles. The largest absolute Gasteiger partial charge is 0.338 e. The lowest BCUT2D eigenvalue weighted by molar-refractivity contribution is 0.189. The van der Waals surface area contributed by atoms with Crippen LogP contribution >= 0.6 is 11.8 Å². The second-order valence-corrected chi connectivity index (χ2v) is 8.64. The van der Waals surface area contributed by atoms with E-state index in [1.54, 1.807) is 17.8 Å². The molecule has 1 aromatic rings. The van der Waals surface area contributed by atoms with Gasteiger partial charge in [0.25, 0.3) is 0 Å². The van der Waals surface area contributed by atoms with E-state index in [9.17, 15) is 9.18 Å². The molecule has 2 N–H and O–H groups in total. The van der Waals surface area contributed by atoms with Gasteiger partial charge in [-0.15, -0.1) is 11.8 Å². The molecule has 3 rings (SSSR count). The van der Waals surface area contributed by atoms with Crippen molar-refractivity contribution in [2.75, 3.05) is 31.9 Å².